The number of ether oxygens (including phenoxy) is 3. The van der Waals surface area contributed by atoms with Crippen LogP contribution in [0.4, 0.5) is 17.6 Å². The Kier molecular flexibility index (Phi) is 3.73. The van der Waals surface area contributed by atoms with E-state index in [1.54, 1.807) is 0 Å². The van der Waals surface area contributed by atoms with E-state index in [1.165, 1.54) is 0 Å². The average Bonchev–Trinajstić information content (AvgIpc) is 3.06. The first-order valence-corrected chi connectivity index (χ1v) is 7.84. The number of aromatic nitrogens is 2. The van der Waals surface area contributed by atoms with Gasteiger partial charge < -0.3 is 30.6 Å². The molecule has 1 aromatic heterocycles. The third kappa shape index (κ3) is 2.76. The van der Waals surface area contributed by atoms with E-state index in [-0.39, 0.29) is 6.79 Å². The maximum absolute atomic E-state index is 6.14. The summed E-state index contributed by atoms with van der Waals surface area (Å²) in [5, 5.41) is 0. The van der Waals surface area contributed by atoms with Crippen LogP contribution < -0.4 is 25.8 Å². The van der Waals surface area contributed by atoms with Crippen LogP contribution in [0.3, 0.4) is 0 Å². The van der Waals surface area contributed by atoms with Crippen molar-refractivity contribution in [3.63, 3.8) is 0 Å². The SMILES string of the molecule is Nc1nc(N2CCOCC2)nc(N)c1Cc1ccc2c(c1)OCO2. The molecule has 1 saturated heterocycles. The van der Waals surface area contributed by atoms with Gasteiger partial charge in [0.05, 0.1) is 13.2 Å². The molecule has 4 N–H and O–H groups in total. The Hall–Kier alpha value is -2.74. The zero-order valence-corrected chi connectivity index (χ0v) is 13.2. The van der Waals surface area contributed by atoms with Gasteiger partial charge in [-0.2, -0.15) is 9.97 Å². The molecule has 0 amide bonds. The summed E-state index contributed by atoms with van der Waals surface area (Å²) in [6.45, 7) is 3.03. The standard InChI is InChI=1S/C16H19N5O3/c17-14-11(7-10-1-2-12-13(8-10)24-9-23-12)15(18)20-16(19-14)21-3-5-22-6-4-21/h1-2,8H,3-7,9H2,(H4,17,18,19,20). The zero-order valence-electron chi connectivity index (χ0n) is 13.2. The average molecular weight is 329 g/mol. The molecule has 2 aromatic rings. The van der Waals surface area contributed by atoms with Crippen LogP contribution in [0, 0.1) is 0 Å². The van der Waals surface area contributed by atoms with Gasteiger partial charge in [0.15, 0.2) is 11.5 Å². The van der Waals surface area contributed by atoms with Crippen molar-refractivity contribution in [2.45, 2.75) is 6.42 Å². The highest BCUT2D eigenvalue weighted by Crippen LogP contribution is 2.34. The molecule has 1 fully saturated rings. The number of nitrogens with two attached hydrogens (primary N) is 2. The highest BCUT2D eigenvalue weighted by molar-refractivity contribution is 5.59. The molecule has 4 rings (SSSR count). The van der Waals surface area contributed by atoms with Crippen LogP contribution >= 0.6 is 0 Å². The highest BCUT2D eigenvalue weighted by atomic mass is 16.7. The summed E-state index contributed by atoms with van der Waals surface area (Å²) in [4.78, 5) is 10.9. The Balaban J connectivity index is 1.59. The number of rotatable bonds is 3. The summed E-state index contributed by atoms with van der Waals surface area (Å²) in [7, 11) is 0. The Bertz CT molecular complexity index is 738. The van der Waals surface area contributed by atoms with Crippen LogP contribution in [0.15, 0.2) is 18.2 Å². The molecule has 0 atom stereocenters. The number of anilines is 3. The first-order chi connectivity index (χ1) is 11.7. The topological polar surface area (TPSA) is 109 Å². The molecule has 0 aliphatic carbocycles. The molecule has 0 unspecified atom stereocenters. The molecular formula is C16H19N5O3. The van der Waals surface area contributed by atoms with Crippen LogP contribution in [-0.2, 0) is 11.2 Å². The van der Waals surface area contributed by atoms with Crippen molar-refractivity contribution in [2.24, 2.45) is 0 Å². The number of hydrogen-bond donors (Lipinski definition) is 2. The first kappa shape index (κ1) is 14.8. The molecule has 2 aliphatic rings. The van der Waals surface area contributed by atoms with Gasteiger partial charge >= 0.3 is 0 Å². The van der Waals surface area contributed by atoms with E-state index >= 15 is 0 Å². The van der Waals surface area contributed by atoms with Gasteiger partial charge in [0, 0.05) is 25.1 Å². The summed E-state index contributed by atoms with van der Waals surface area (Å²) in [6.07, 6.45) is 0.539. The monoisotopic (exact) mass is 329 g/mol. The van der Waals surface area contributed by atoms with Crippen molar-refractivity contribution in [1.29, 1.82) is 0 Å². The molecule has 0 spiro atoms. The van der Waals surface area contributed by atoms with E-state index in [1.807, 2.05) is 23.1 Å². The van der Waals surface area contributed by atoms with Gasteiger partial charge in [-0.15, -0.1) is 0 Å². The number of fused-ring (bicyclic) bond motifs is 1. The number of nitrogen functional groups attached to an aromatic ring is 2. The molecule has 8 heteroatoms. The van der Waals surface area contributed by atoms with Crippen LogP contribution in [-0.4, -0.2) is 43.1 Å². The molecule has 3 heterocycles. The molecule has 0 saturated carbocycles. The second-order valence-electron chi connectivity index (χ2n) is 5.74. The lowest BCUT2D eigenvalue weighted by atomic mass is 10.1. The van der Waals surface area contributed by atoms with Crippen molar-refractivity contribution < 1.29 is 14.2 Å². The summed E-state index contributed by atoms with van der Waals surface area (Å²) >= 11 is 0. The van der Waals surface area contributed by atoms with Gasteiger partial charge in [-0.3, -0.25) is 0 Å². The van der Waals surface area contributed by atoms with Crippen LogP contribution in [0.25, 0.3) is 0 Å². The molecule has 2 aliphatic heterocycles. The predicted molar refractivity (Wildman–Crippen MR) is 89.3 cm³/mol. The second kappa shape index (κ2) is 6.04. The summed E-state index contributed by atoms with van der Waals surface area (Å²) < 4.78 is 16.1. The van der Waals surface area contributed by atoms with Gasteiger partial charge in [0.1, 0.15) is 11.6 Å². The number of morpholine rings is 1. The predicted octanol–water partition coefficient (Wildman–Crippen LogP) is 0.797. The molecule has 126 valence electrons. The summed E-state index contributed by atoms with van der Waals surface area (Å²) in [6, 6.07) is 5.77. The lowest BCUT2D eigenvalue weighted by Gasteiger charge is -2.27. The van der Waals surface area contributed by atoms with Crippen molar-refractivity contribution in [3.8, 4) is 11.5 Å². The zero-order chi connectivity index (χ0) is 16.5. The molecule has 0 bridgehead atoms. The number of hydrogen-bond acceptors (Lipinski definition) is 8. The summed E-state index contributed by atoms with van der Waals surface area (Å²) in [5.41, 5.74) is 14.0. The van der Waals surface area contributed by atoms with Gasteiger partial charge in [0.25, 0.3) is 0 Å². The van der Waals surface area contributed by atoms with Crippen molar-refractivity contribution >= 4 is 17.6 Å². The molecule has 24 heavy (non-hydrogen) atoms. The van der Waals surface area contributed by atoms with E-state index in [4.69, 9.17) is 25.7 Å². The van der Waals surface area contributed by atoms with Gasteiger partial charge in [-0.25, -0.2) is 0 Å². The quantitative estimate of drug-likeness (QED) is 0.851. The van der Waals surface area contributed by atoms with E-state index in [9.17, 15) is 0 Å². The molecule has 1 aromatic carbocycles. The second-order valence-corrected chi connectivity index (χ2v) is 5.74. The fourth-order valence-electron chi connectivity index (χ4n) is 2.85. The van der Waals surface area contributed by atoms with E-state index < -0.39 is 0 Å². The normalized spacial score (nSPS) is 16.4. The molecule has 8 nitrogen and oxygen atoms in total. The van der Waals surface area contributed by atoms with Crippen molar-refractivity contribution in [3.05, 3.63) is 29.3 Å². The maximum Gasteiger partial charge on any atom is 0.231 e. The van der Waals surface area contributed by atoms with Crippen LogP contribution in [0.2, 0.25) is 0 Å². The highest BCUT2D eigenvalue weighted by Gasteiger charge is 2.19. The van der Waals surface area contributed by atoms with Crippen molar-refractivity contribution in [1.82, 2.24) is 9.97 Å². The van der Waals surface area contributed by atoms with Crippen LogP contribution in [0.5, 0.6) is 11.5 Å². The van der Waals surface area contributed by atoms with Gasteiger partial charge in [0.2, 0.25) is 12.7 Å². The molecule has 0 radical (unpaired) electrons. The Morgan fingerprint density at radius 3 is 2.46 bits per heavy atom. The Morgan fingerprint density at radius 2 is 1.71 bits per heavy atom. The first-order valence-electron chi connectivity index (χ1n) is 7.84. The number of nitrogens with zero attached hydrogens (tertiary/aromatic N) is 3. The smallest absolute Gasteiger partial charge is 0.231 e. The van der Waals surface area contributed by atoms with E-state index in [0.29, 0.717) is 37.2 Å². The molecular weight excluding hydrogens is 310 g/mol. The minimum Gasteiger partial charge on any atom is -0.454 e. The van der Waals surface area contributed by atoms with Crippen molar-refractivity contribution in [2.75, 3.05) is 49.5 Å². The summed E-state index contributed by atoms with van der Waals surface area (Å²) in [5.74, 6) is 2.85. The Morgan fingerprint density at radius 1 is 1.00 bits per heavy atom. The maximum atomic E-state index is 6.14. The fourth-order valence-corrected chi connectivity index (χ4v) is 2.85. The van der Waals surface area contributed by atoms with E-state index in [2.05, 4.69) is 9.97 Å². The van der Waals surface area contributed by atoms with Gasteiger partial charge in [-0.05, 0) is 17.7 Å². The lowest BCUT2D eigenvalue weighted by Crippen LogP contribution is -2.37. The third-order valence-electron chi connectivity index (χ3n) is 4.17. The third-order valence-corrected chi connectivity index (χ3v) is 4.17. The minimum absolute atomic E-state index is 0.250. The van der Waals surface area contributed by atoms with E-state index in [0.717, 1.165) is 35.7 Å². The number of benzene rings is 1. The minimum atomic E-state index is 0.250. The Labute approximate surface area is 139 Å². The largest absolute Gasteiger partial charge is 0.454 e. The lowest BCUT2D eigenvalue weighted by molar-refractivity contribution is 0.122. The fraction of sp³-hybridized carbons (Fsp3) is 0.375. The van der Waals surface area contributed by atoms with Crippen LogP contribution in [0.1, 0.15) is 11.1 Å². The van der Waals surface area contributed by atoms with Gasteiger partial charge in [-0.1, -0.05) is 6.07 Å².